The molecule has 4 nitrogen and oxygen atoms in total. The van der Waals surface area contributed by atoms with Gasteiger partial charge in [0.15, 0.2) is 0 Å². The number of hydrazine groups is 1. The van der Waals surface area contributed by atoms with Gasteiger partial charge in [-0.25, -0.2) is 8.42 Å². The van der Waals surface area contributed by atoms with Gasteiger partial charge in [0.2, 0.25) is 10.0 Å². The molecular formula is C3H12N2O2S. The van der Waals surface area contributed by atoms with Crippen molar-refractivity contribution >= 4 is 10.0 Å². The number of hydrogen-bond donors (Lipinski definition) is 2. The van der Waals surface area contributed by atoms with E-state index in [1.54, 1.807) is 4.83 Å². The summed E-state index contributed by atoms with van der Waals surface area (Å²) in [6.07, 6.45) is 0.979. The van der Waals surface area contributed by atoms with Crippen LogP contribution in [-0.2, 0) is 10.0 Å². The topological polar surface area (TPSA) is 72.2 Å². The van der Waals surface area contributed by atoms with Gasteiger partial charge in [-0.15, -0.1) is 0 Å². The average Bonchev–Trinajstić information content (AvgIpc) is 1.71. The number of rotatable bonds is 1. The van der Waals surface area contributed by atoms with Gasteiger partial charge in [-0.3, -0.25) is 5.84 Å². The molecule has 52 valence electrons. The molecule has 3 N–H and O–H groups in total. The molecule has 0 rings (SSSR count). The van der Waals surface area contributed by atoms with E-state index in [4.69, 9.17) is 0 Å². The SMILES string of the molecule is CC.CS(=O)(=O)NN. The molecule has 0 aliphatic heterocycles. The second kappa shape index (κ2) is 5.02. The molecule has 0 amide bonds. The van der Waals surface area contributed by atoms with Gasteiger partial charge in [-0.1, -0.05) is 13.8 Å². The Hall–Kier alpha value is -0.130. The largest absolute Gasteiger partial charge is 0.258 e. The quantitative estimate of drug-likeness (QED) is 0.378. The monoisotopic (exact) mass is 140 g/mol. The molecule has 0 saturated heterocycles. The first kappa shape index (κ1) is 10.8. The fraction of sp³-hybridized carbons (Fsp3) is 1.00. The van der Waals surface area contributed by atoms with Crippen LogP contribution in [0, 0.1) is 0 Å². The van der Waals surface area contributed by atoms with Crippen LogP contribution in [0.25, 0.3) is 0 Å². The lowest BCUT2D eigenvalue weighted by Crippen LogP contribution is -2.28. The molecule has 0 unspecified atom stereocenters. The molecule has 0 saturated carbocycles. The molecule has 0 aromatic heterocycles. The zero-order valence-electron chi connectivity index (χ0n) is 5.30. The zero-order chi connectivity index (χ0) is 7.21. The Bertz CT molecular complexity index is 117. The maximum atomic E-state index is 9.76. The first-order valence-electron chi connectivity index (χ1n) is 2.23. The Balaban J connectivity index is 0. The van der Waals surface area contributed by atoms with Crippen molar-refractivity contribution in [1.29, 1.82) is 0 Å². The van der Waals surface area contributed by atoms with Crippen LogP contribution in [-0.4, -0.2) is 14.7 Å². The van der Waals surface area contributed by atoms with Crippen molar-refractivity contribution < 1.29 is 8.42 Å². The van der Waals surface area contributed by atoms with Crippen LogP contribution in [0.3, 0.4) is 0 Å². The Morgan fingerprint density at radius 3 is 1.50 bits per heavy atom. The maximum absolute atomic E-state index is 9.76. The highest BCUT2D eigenvalue weighted by Gasteiger charge is 1.88. The van der Waals surface area contributed by atoms with Crippen molar-refractivity contribution in [2.75, 3.05) is 6.26 Å². The number of nitrogens with one attached hydrogen (secondary N) is 1. The fourth-order valence-corrected chi connectivity index (χ4v) is 0. The predicted octanol–water partition coefficient (Wildman–Crippen LogP) is -0.564. The van der Waals surface area contributed by atoms with E-state index in [1.165, 1.54) is 0 Å². The van der Waals surface area contributed by atoms with E-state index < -0.39 is 10.0 Å². The fourth-order valence-electron chi connectivity index (χ4n) is 0. The van der Waals surface area contributed by atoms with Crippen molar-refractivity contribution in [3.63, 3.8) is 0 Å². The van der Waals surface area contributed by atoms with Gasteiger partial charge in [0, 0.05) is 0 Å². The molecule has 0 aliphatic carbocycles. The van der Waals surface area contributed by atoms with E-state index in [1.807, 2.05) is 13.8 Å². The molecule has 0 radical (unpaired) electrons. The summed E-state index contributed by atoms with van der Waals surface area (Å²) in [5.74, 6) is 4.47. The van der Waals surface area contributed by atoms with Gasteiger partial charge >= 0.3 is 0 Å². The van der Waals surface area contributed by atoms with Crippen LogP contribution in [0.15, 0.2) is 0 Å². The van der Waals surface area contributed by atoms with Crippen LogP contribution >= 0.6 is 0 Å². The van der Waals surface area contributed by atoms with Gasteiger partial charge in [-0.2, -0.15) is 4.83 Å². The maximum Gasteiger partial charge on any atom is 0.221 e. The van der Waals surface area contributed by atoms with E-state index in [-0.39, 0.29) is 0 Å². The highest BCUT2D eigenvalue weighted by atomic mass is 32.2. The third-order valence-electron chi connectivity index (χ3n) is 0.214. The van der Waals surface area contributed by atoms with Crippen molar-refractivity contribution in [1.82, 2.24) is 4.83 Å². The van der Waals surface area contributed by atoms with Crippen LogP contribution < -0.4 is 10.7 Å². The molecule has 5 heteroatoms. The second-order valence-corrected chi connectivity index (χ2v) is 2.67. The minimum Gasteiger partial charge on any atom is -0.258 e. The lowest BCUT2D eigenvalue weighted by atomic mass is 11.0. The van der Waals surface area contributed by atoms with Crippen molar-refractivity contribution in [2.24, 2.45) is 5.84 Å². The van der Waals surface area contributed by atoms with E-state index in [2.05, 4.69) is 5.84 Å². The highest BCUT2D eigenvalue weighted by molar-refractivity contribution is 7.88. The van der Waals surface area contributed by atoms with Gasteiger partial charge < -0.3 is 0 Å². The van der Waals surface area contributed by atoms with E-state index in [0.29, 0.717) is 0 Å². The first-order valence-corrected chi connectivity index (χ1v) is 4.13. The average molecular weight is 140 g/mol. The van der Waals surface area contributed by atoms with Gasteiger partial charge in [0.05, 0.1) is 6.26 Å². The molecule has 0 atom stereocenters. The lowest BCUT2D eigenvalue weighted by molar-refractivity contribution is 0.590. The van der Waals surface area contributed by atoms with Crippen LogP contribution in [0.1, 0.15) is 13.8 Å². The summed E-state index contributed by atoms with van der Waals surface area (Å²) in [6.45, 7) is 4.00. The molecule has 0 fully saturated rings. The minimum absolute atomic E-state index is 0.979. The van der Waals surface area contributed by atoms with E-state index in [9.17, 15) is 8.42 Å². The van der Waals surface area contributed by atoms with Crippen molar-refractivity contribution in [3.8, 4) is 0 Å². The molecule has 0 spiro atoms. The second-order valence-electron chi connectivity index (χ2n) is 0.890. The molecule has 8 heavy (non-hydrogen) atoms. The Morgan fingerprint density at radius 1 is 1.38 bits per heavy atom. The van der Waals surface area contributed by atoms with Crippen molar-refractivity contribution in [2.45, 2.75) is 13.8 Å². The van der Waals surface area contributed by atoms with Crippen molar-refractivity contribution in [3.05, 3.63) is 0 Å². The van der Waals surface area contributed by atoms with Gasteiger partial charge in [0.1, 0.15) is 0 Å². The molecule has 0 aromatic carbocycles. The summed E-state index contributed by atoms with van der Waals surface area (Å²) in [7, 11) is -3.13. The third-order valence-corrected chi connectivity index (χ3v) is 0.642. The molecule has 0 aromatic rings. The lowest BCUT2D eigenvalue weighted by Gasteiger charge is -1.85. The molecular weight excluding hydrogens is 128 g/mol. The molecule has 0 heterocycles. The summed E-state index contributed by atoms with van der Waals surface area (Å²) in [5.41, 5.74) is 0. The smallest absolute Gasteiger partial charge is 0.221 e. The molecule has 0 bridgehead atoms. The summed E-state index contributed by atoms with van der Waals surface area (Å²) < 4.78 is 19.5. The van der Waals surface area contributed by atoms with E-state index >= 15 is 0 Å². The van der Waals surface area contributed by atoms with E-state index in [0.717, 1.165) is 6.26 Å². The first-order chi connectivity index (χ1) is 3.56. The summed E-state index contributed by atoms with van der Waals surface area (Å²) >= 11 is 0. The Labute approximate surface area is 50.1 Å². The molecule has 0 aliphatic rings. The highest BCUT2D eigenvalue weighted by Crippen LogP contribution is 1.60. The minimum atomic E-state index is -3.13. The summed E-state index contributed by atoms with van der Waals surface area (Å²) in [6, 6.07) is 0. The van der Waals surface area contributed by atoms with Crippen LogP contribution in [0.2, 0.25) is 0 Å². The van der Waals surface area contributed by atoms with Crippen LogP contribution in [0.4, 0.5) is 0 Å². The zero-order valence-corrected chi connectivity index (χ0v) is 6.12. The normalized spacial score (nSPS) is 9.50. The summed E-state index contributed by atoms with van der Waals surface area (Å²) in [4.78, 5) is 1.58. The van der Waals surface area contributed by atoms with Gasteiger partial charge in [0.25, 0.3) is 0 Å². The number of sulfonamides is 1. The Morgan fingerprint density at radius 2 is 1.50 bits per heavy atom. The number of hydrogen-bond acceptors (Lipinski definition) is 3. The standard InChI is InChI=1S/C2H6.CH6N2O2S/c1-2;1-6(4,5)3-2/h1-2H3;3H,2H2,1H3. The van der Waals surface area contributed by atoms with Crippen LogP contribution in [0.5, 0.6) is 0 Å². The predicted molar refractivity (Wildman–Crippen MR) is 33.5 cm³/mol. The van der Waals surface area contributed by atoms with Gasteiger partial charge in [-0.05, 0) is 0 Å². The third kappa shape index (κ3) is 16.9. The Kier molecular flexibility index (Phi) is 6.76. The summed E-state index contributed by atoms with van der Waals surface area (Å²) in [5, 5.41) is 0. The number of nitrogens with two attached hydrogens (primary N) is 1.